The molecule has 0 radical (unpaired) electrons. The summed E-state index contributed by atoms with van der Waals surface area (Å²) in [5.41, 5.74) is -2.37. The van der Waals surface area contributed by atoms with Gasteiger partial charge in [0.2, 0.25) is 0 Å². The maximum atomic E-state index is 12.9. The third-order valence-electron chi connectivity index (χ3n) is 3.15. The summed E-state index contributed by atoms with van der Waals surface area (Å²) in [5.74, 6) is -2.81. The van der Waals surface area contributed by atoms with Crippen LogP contribution in [0.1, 0.15) is 15.9 Å². The zero-order chi connectivity index (χ0) is 20.4. The molecular weight excluding hydrogens is 448 g/mol. The highest BCUT2D eigenvalue weighted by atomic mass is 79.9. The van der Waals surface area contributed by atoms with Crippen LogP contribution in [0, 0.1) is 0 Å². The minimum Gasteiger partial charge on any atom is -0.506 e. The predicted molar refractivity (Wildman–Crippen MR) is 86.8 cm³/mol. The van der Waals surface area contributed by atoms with Gasteiger partial charge < -0.3 is 15.2 Å². The Balaban J connectivity index is 2.33. The van der Waals surface area contributed by atoms with E-state index in [1.165, 1.54) is 18.2 Å². The molecule has 0 fully saturated rings. The van der Waals surface area contributed by atoms with Gasteiger partial charge in [-0.1, -0.05) is 28.1 Å². The summed E-state index contributed by atoms with van der Waals surface area (Å²) in [6.45, 7) is -1.62. The predicted octanol–water partition coefficient (Wildman–Crippen LogP) is 5.37. The number of benzene rings is 2. The van der Waals surface area contributed by atoms with E-state index in [9.17, 15) is 36.2 Å². The number of anilines is 1. The van der Waals surface area contributed by atoms with Crippen LogP contribution in [0.2, 0.25) is 0 Å². The quantitative estimate of drug-likeness (QED) is 0.607. The van der Waals surface area contributed by atoms with E-state index >= 15 is 0 Å². The van der Waals surface area contributed by atoms with Gasteiger partial charge in [0.25, 0.3) is 5.91 Å². The third kappa shape index (κ3) is 5.52. The number of halogens is 7. The number of para-hydroxylation sites is 2. The molecule has 0 aliphatic rings. The molecule has 0 unspecified atom stereocenters. The normalized spacial score (nSPS) is 12.0. The highest BCUT2D eigenvalue weighted by molar-refractivity contribution is 9.10. The second kappa shape index (κ2) is 7.67. The standard InChI is InChI=1S/C16H10BrF6NO3/c17-8-5-9(13(25)10(6-8)16(21,22)23)14(26)24-11-3-1-2-4-12(11)27-7-15(18,19)20/h1-6,25H,7H2,(H,24,26). The Hall–Kier alpha value is -2.43. The SMILES string of the molecule is O=C(Nc1ccccc1OCC(F)(F)F)c1cc(Br)cc(C(F)(F)F)c1O. The fourth-order valence-electron chi connectivity index (χ4n) is 2.03. The van der Waals surface area contributed by atoms with Gasteiger partial charge in [-0.15, -0.1) is 0 Å². The summed E-state index contributed by atoms with van der Waals surface area (Å²) in [6, 6.07) is 6.59. The van der Waals surface area contributed by atoms with E-state index in [1.54, 1.807) is 0 Å². The zero-order valence-corrected chi connectivity index (χ0v) is 14.7. The Labute approximate surface area is 156 Å². The lowest BCUT2D eigenvalue weighted by molar-refractivity contribution is -0.153. The van der Waals surface area contributed by atoms with Gasteiger partial charge in [0, 0.05) is 4.47 Å². The summed E-state index contributed by atoms with van der Waals surface area (Å²) in [4.78, 5) is 12.3. The number of carbonyl (C=O) groups excluding carboxylic acids is 1. The van der Waals surface area contributed by atoms with Crippen LogP contribution in [0.15, 0.2) is 40.9 Å². The largest absolute Gasteiger partial charge is 0.506 e. The van der Waals surface area contributed by atoms with Gasteiger partial charge in [-0.2, -0.15) is 26.3 Å². The third-order valence-corrected chi connectivity index (χ3v) is 3.61. The van der Waals surface area contributed by atoms with Crippen molar-refractivity contribution in [2.75, 3.05) is 11.9 Å². The molecule has 0 aliphatic carbocycles. The van der Waals surface area contributed by atoms with Gasteiger partial charge in [0.1, 0.15) is 11.5 Å². The summed E-state index contributed by atoms with van der Waals surface area (Å²) in [6.07, 6.45) is -9.54. The molecule has 0 saturated carbocycles. The summed E-state index contributed by atoms with van der Waals surface area (Å²) >= 11 is 2.81. The van der Waals surface area contributed by atoms with E-state index in [0.717, 1.165) is 12.1 Å². The van der Waals surface area contributed by atoms with Crippen LogP contribution >= 0.6 is 15.9 Å². The molecule has 0 spiro atoms. The van der Waals surface area contributed by atoms with Crippen molar-refractivity contribution < 1.29 is 41.0 Å². The first kappa shape index (κ1) is 20.9. The Bertz CT molecular complexity index is 851. The highest BCUT2D eigenvalue weighted by Crippen LogP contribution is 2.40. The molecule has 0 bridgehead atoms. The van der Waals surface area contributed by atoms with Crippen LogP contribution < -0.4 is 10.1 Å². The first-order valence-corrected chi connectivity index (χ1v) is 7.87. The van der Waals surface area contributed by atoms with Crippen molar-refractivity contribution in [3.05, 3.63) is 52.0 Å². The molecule has 0 aliphatic heterocycles. The molecule has 146 valence electrons. The lowest BCUT2D eigenvalue weighted by atomic mass is 10.1. The lowest BCUT2D eigenvalue weighted by Crippen LogP contribution is -2.20. The second-order valence-corrected chi connectivity index (χ2v) is 6.12. The van der Waals surface area contributed by atoms with Crippen LogP contribution in [-0.2, 0) is 6.18 Å². The number of alkyl halides is 6. The number of ether oxygens (including phenoxy) is 1. The molecule has 0 heterocycles. The maximum Gasteiger partial charge on any atom is 0.422 e. The Morgan fingerprint density at radius 3 is 2.33 bits per heavy atom. The van der Waals surface area contributed by atoms with Crippen molar-refractivity contribution in [3.63, 3.8) is 0 Å². The minimum atomic E-state index is -4.92. The van der Waals surface area contributed by atoms with Gasteiger partial charge in [-0.05, 0) is 24.3 Å². The fourth-order valence-corrected chi connectivity index (χ4v) is 2.49. The number of carbonyl (C=O) groups is 1. The minimum absolute atomic E-state index is 0.126. The Kier molecular flexibility index (Phi) is 5.93. The van der Waals surface area contributed by atoms with Crippen LogP contribution in [0.3, 0.4) is 0 Å². The van der Waals surface area contributed by atoms with Crippen molar-refractivity contribution in [3.8, 4) is 11.5 Å². The summed E-state index contributed by atoms with van der Waals surface area (Å²) in [7, 11) is 0. The average molecular weight is 458 g/mol. The van der Waals surface area contributed by atoms with Crippen molar-refractivity contribution in [2.45, 2.75) is 12.4 Å². The molecule has 2 N–H and O–H groups in total. The smallest absolute Gasteiger partial charge is 0.422 e. The first-order chi connectivity index (χ1) is 12.4. The van der Waals surface area contributed by atoms with E-state index in [1.807, 2.05) is 0 Å². The van der Waals surface area contributed by atoms with Gasteiger partial charge in [-0.3, -0.25) is 4.79 Å². The number of nitrogens with one attached hydrogen (secondary N) is 1. The number of phenolic OH excluding ortho intramolecular Hbond substituents is 1. The number of amides is 1. The second-order valence-electron chi connectivity index (χ2n) is 5.20. The van der Waals surface area contributed by atoms with E-state index in [4.69, 9.17) is 0 Å². The molecule has 0 atom stereocenters. The molecule has 11 heteroatoms. The van der Waals surface area contributed by atoms with Crippen molar-refractivity contribution in [2.24, 2.45) is 0 Å². The van der Waals surface area contributed by atoms with Gasteiger partial charge in [-0.25, -0.2) is 0 Å². The maximum absolute atomic E-state index is 12.9. The highest BCUT2D eigenvalue weighted by Gasteiger charge is 2.36. The number of hydrogen-bond donors (Lipinski definition) is 2. The zero-order valence-electron chi connectivity index (χ0n) is 13.1. The summed E-state index contributed by atoms with van der Waals surface area (Å²) in [5, 5.41) is 11.9. The molecule has 2 aromatic carbocycles. The van der Waals surface area contributed by atoms with Crippen LogP contribution in [-0.4, -0.2) is 23.8 Å². The fraction of sp³-hybridized carbons (Fsp3) is 0.188. The molecule has 0 aromatic heterocycles. The number of aromatic hydroxyl groups is 1. The van der Waals surface area contributed by atoms with E-state index in [0.29, 0.717) is 6.07 Å². The number of hydrogen-bond acceptors (Lipinski definition) is 3. The van der Waals surface area contributed by atoms with Crippen molar-refractivity contribution in [1.82, 2.24) is 0 Å². The van der Waals surface area contributed by atoms with Crippen molar-refractivity contribution >= 4 is 27.5 Å². The lowest BCUT2D eigenvalue weighted by Gasteiger charge is -2.16. The van der Waals surface area contributed by atoms with Gasteiger partial charge in [0.15, 0.2) is 6.61 Å². The summed E-state index contributed by atoms with van der Waals surface area (Å²) < 4.78 is 80.2. The monoisotopic (exact) mass is 457 g/mol. The van der Waals surface area contributed by atoms with Gasteiger partial charge >= 0.3 is 12.4 Å². The molecule has 0 saturated heterocycles. The van der Waals surface area contributed by atoms with Crippen molar-refractivity contribution in [1.29, 1.82) is 0 Å². The molecule has 2 rings (SSSR count). The average Bonchev–Trinajstić information content (AvgIpc) is 2.54. The molecular formula is C16H10BrF6NO3. The number of rotatable bonds is 4. The number of phenols is 1. The molecule has 4 nitrogen and oxygen atoms in total. The molecule has 1 amide bonds. The Morgan fingerprint density at radius 2 is 1.74 bits per heavy atom. The van der Waals surface area contributed by atoms with E-state index in [-0.39, 0.29) is 15.9 Å². The van der Waals surface area contributed by atoms with Gasteiger partial charge in [0.05, 0.1) is 16.8 Å². The van der Waals surface area contributed by atoms with E-state index < -0.39 is 41.7 Å². The van der Waals surface area contributed by atoms with Crippen LogP contribution in [0.5, 0.6) is 11.5 Å². The first-order valence-electron chi connectivity index (χ1n) is 7.08. The van der Waals surface area contributed by atoms with E-state index in [2.05, 4.69) is 26.0 Å². The van der Waals surface area contributed by atoms with Crippen LogP contribution in [0.4, 0.5) is 32.0 Å². The Morgan fingerprint density at radius 1 is 1.11 bits per heavy atom. The molecule has 27 heavy (non-hydrogen) atoms. The molecule has 2 aromatic rings. The topological polar surface area (TPSA) is 58.6 Å². The van der Waals surface area contributed by atoms with Crippen LogP contribution in [0.25, 0.3) is 0 Å².